The Bertz CT molecular complexity index is 870. The molecular formula is C21H26BrNO6. The summed E-state index contributed by atoms with van der Waals surface area (Å²) in [6.07, 6.45) is 0.0691. The first-order valence-corrected chi connectivity index (χ1v) is 10.4. The van der Waals surface area contributed by atoms with E-state index in [1.165, 1.54) is 0 Å². The number of aryl methyl sites for hydroxylation is 2. The lowest BCUT2D eigenvalue weighted by Crippen LogP contribution is -2.46. The van der Waals surface area contributed by atoms with Crippen LogP contribution >= 0.6 is 15.9 Å². The molecule has 2 aliphatic rings. The Kier molecular flexibility index (Phi) is 6.36. The molecule has 1 saturated heterocycles. The van der Waals surface area contributed by atoms with Crippen molar-refractivity contribution in [2.24, 2.45) is 0 Å². The highest BCUT2D eigenvalue weighted by Crippen LogP contribution is 2.47. The molecule has 29 heavy (non-hydrogen) atoms. The van der Waals surface area contributed by atoms with E-state index in [0.717, 1.165) is 26.7 Å². The topological polar surface area (TPSA) is 74.3 Å². The molecule has 0 amide bonds. The number of hydrogen-bond donors (Lipinski definition) is 0. The van der Waals surface area contributed by atoms with E-state index >= 15 is 0 Å². The molecule has 7 nitrogen and oxygen atoms in total. The van der Waals surface area contributed by atoms with Gasteiger partial charge in [0.2, 0.25) is 0 Å². The van der Waals surface area contributed by atoms with E-state index in [9.17, 15) is 9.59 Å². The maximum Gasteiger partial charge on any atom is 0.513 e. The minimum absolute atomic E-state index is 0.175. The van der Waals surface area contributed by atoms with Gasteiger partial charge in [-0.25, -0.2) is 9.59 Å². The molecule has 158 valence electrons. The first-order chi connectivity index (χ1) is 13.7. The second kappa shape index (κ2) is 8.45. The lowest BCUT2D eigenvalue weighted by molar-refractivity contribution is -0.183. The van der Waals surface area contributed by atoms with Gasteiger partial charge in [0.1, 0.15) is 5.57 Å². The van der Waals surface area contributed by atoms with E-state index in [-0.39, 0.29) is 12.4 Å². The molecule has 1 aromatic carbocycles. The van der Waals surface area contributed by atoms with Crippen LogP contribution in [0.15, 0.2) is 16.3 Å². The number of rotatable bonds is 4. The van der Waals surface area contributed by atoms with Gasteiger partial charge in [-0.2, -0.15) is 5.06 Å². The van der Waals surface area contributed by atoms with Crippen molar-refractivity contribution in [2.75, 3.05) is 26.8 Å². The fraction of sp³-hybridized carbons (Fsp3) is 0.524. The molecule has 1 spiro atoms. The maximum atomic E-state index is 13.1. The summed E-state index contributed by atoms with van der Waals surface area (Å²) >= 11 is 3.60. The molecule has 2 heterocycles. The maximum absolute atomic E-state index is 13.1. The van der Waals surface area contributed by atoms with Gasteiger partial charge >= 0.3 is 12.1 Å². The summed E-state index contributed by atoms with van der Waals surface area (Å²) in [4.78, 5) is 30.6. The van der Waals surface area contributed by atoms with Gasteiger partial charge in [0, 0.05) is 30.4 Å². The predicted octanol–water partition coefficient (Wildman–Crippen LogP) is 4.21. The SMILES string of the molecule is CCOC(=O)OC1=C(c2c(C)cc(C)c(Br)c2C)C(=O)OC12CCN(OC)CC2. The van der Waals surface area contributed by atoms with Gasteiger partial charge in [0.25, 0.3) is 0 Å². The van der Waals surface area contributed by atoms with Crippen LogP contribution in [0.25, 0.3) is 5.57 Å². The van der Waals surface area contributed by atoms with Crippen LogP contribution in [0, 0.1) is 20.8 Å². The fourth-order valence-electron chi connectivity index (χ4n) is 4.09. The highest BCUT2D eigenvalue weighted by Gasteiger charge is 2.53. The third-order valence-corrected chi connectivity index (χ3v) is 6.72. The third-order valence-electron chi connectivity index (χ3n) is 5.50. The molecule has 0 aromatic heterocycles. The van der Waals surface area contributed by atoms with Crippen molar-refractivity contribution in [2.45, 2.75) is 46.1 Å². The number of carbonyl (C=O) groups excluding carboxylic acids is 2. The zero-order valence-corrected chi connectivity index (χ0v) is 19.0. The molecule has 0 bridgehead atoms. The second-order valence-corrected chi connectivity index (χ2v) is 8.10. The van der Waals surface area contributed by atoms with E-state index in [0.29, 0.717) is 31.5 Å². The van der Waals surface area contributed by atoms with Gasteiger partial charge in [-0.3, -0.25) is 0 Å². The molecule has 0 N–H and O–H groups in total. The van der Waals surface area contributed by atoms with E-state index in [1.807, 2.05) is 26.8 Å². The van der Waals surface area contributed by atoms with Gasteiger partial charge in [0.05, 0.1) is 13.7 Å². The number of piperidine rings is 1. The first-order valence-electron chi connectivity index (χ1n) is 9.62. The number of esters is 1. The molecule has 2 aliphatic heterocycles. The van der Waals surface area contributed by atoms with E-state index in [1.54, 1.807) is 19.1 Å². The van der Waals surface area contributed by atoms with Gasteiger partial charge in [-0.05, 0) is 49.9 Å². The summed E-state index contributed by atoms with van der Waals surface area (Å²) < 4.78 is 17.4. The van der Waals surface area contributed by atoms with E-state index in [2.05, 4.69) is 15.9 Å². The predicted molar refractivity (Wildman–Crippen MR) is 110 cm³/mol. The highest BCUT2D eigenvalue weighted by molar-refractivity contribution is 9.10. The Morgan fingerprint density at radius 3 is 2.48 bits per heavy atom. The number of halogens is 1. The molecule has 0 radical (unpaired) electrons. The van der Waals surface area contributed by atoms with Crippen LogP contribution in [-0.2, 0) is 23.8 Å². The van der Waals surface area contributed by atoms with Crippen LogP contribution in [0.4, 0.5) is 4.79 Å². The number of nitrogens with zero attached hydrogens (tertiary/aromatic N) is 1. The Labute approximate surface area is 179 Å². The van der Waals surface area contributed by atoms with Gasteiger partial charge in [0.15, 0.2) is 11.4 Å². The monoisotopic (exact) mass is 467 g/mol. The summed E-state index contributed by atoms with van der Waals surface area (Å²) in [6.45, 7) is 8.82. The summed E-state index contributed by atoms with van der Waals surface area (Å²) in [5.74, 6) is -0.254. The van der Waals surface area contributed by atoms with Crippen LogP contribution < -0.4 is 0 Å². The standard InChI is InChI=1S/C21H26BrNO6/c1-6-27-20(25)28-18-16(15-12(2)11-13(3)17(22)14(15)4)19(24)29-21(18)7-9-23(26-5)10-8-21/h11H,6-10H2,1-5H3. The number of benzene rings is 1. The minimum Gasteiger partial charge on any atom is -0.447 e. The molecule has 3 rings (SSSR count). The van der Waals surface area contributed by atoms with Crippen molar-refractivity contribution >= 4 is 33.6 Å². The lowest BCUT2D eigenvalue weighted by atomic mass is 9.86. The number of carbonyl (C=O) groups is 2. The van der Waals surface area contributed by atoms with Crippen molar-refractivity contribution in [3.05, 3.63) is 38.6 Å². The van der Waals surface area contributed by atoms with Crippen molar-refractivity contribution in [3.63, 3.8) is 0 Å². The van der Waals surface area contributed by atoms with Crippen molar-refractivity contribution < 1.29 is 28.6 Å². The minimum atomic E-state index is -1.01. The van der Waals surface area contributed by atoms with Gasteiger partial charge < -0.3 is 19.0 Å². The molecule has 8 heteroatoms. The Hall–Kier alpha value is -1.90. The molecule has 0 unspecified atom stereocenters. The van der Waals surface area contributed by atoms with Crippen LogP contribution in [0.1, 0.15) is 42.0 Å². The van der Waals surface area contributed by atoms with Crippen molar-refractivity contribution in [1.82, 2.24) is 5.06 Å². The molecule has 0 aliphatic carbocycles. The average Bonchev–Trinajstić information content (AvgIpc) is 2.92. The summed E-state index contributed by atoms with van der Waals surface area (Å²) in [7, 11) is 1.60. The van der Waals surface area contributed by atoms with Crippen LogP contribution in [0.2, 0.25) is 0 Å². The Balaban J connectivity index is 2.16. The second-order valence-electron chi connectivity index (χ2n) is 7.31. The molecule has 0 saturated carbocycles. The summed E-state index contributed by atoms with van der Waals surface area (Å²) in [5.41, 5.74) is 2.87. The molecular weight excluding hydrogens is 442 g/mol. The molecule has 1 fully saturated rings. The smallest absolute Gasteiger partial charge is 0.447 e. The summed E-state index contributed by atoms with van der Waals surface area (Å²) in [5, 5.41) is 1.79. The van der Waals surface area contributed by atoms with Gasteiger partial charge in [-0.1, -0.05) is 22.0 Å². The quantitative estimate of drug-likeness (QED) is 0.613. The highest BCUT2D eigenvalue weighted by atomic mass is 79.9. The molecule has 1 aromatic rings. The van der Waals surface area contributed by atoms with Gasteiger partial charge in [-0.15, -0.1) is 0 Å². The summed E-state index contributed by atoms with van der Waals surface area (Å²) in [6, 6.07) is 1.99. The van der Waals surface area contributed by atoms with Crippen LogP contribution in [-0.4, -0.2) is 49.6 Å². The largest absolute Gasteiger partial charge is 0.513 e. The lowest BCUT2D eigenvalue weighted by Gasteiger charge is -2.37. The Morgan fingerprint density at radius 1 is 1.24 bits per heavy atom. The zero-order valence-electron chi connectivity index (χ0n) is 17.4. The van der Waals surface area contributed by atoms with Crippen molar-refractivity contribution in [1.29, 1.82) is 0 Å². The van der Waals surface area contributed by atoms with Crippen LogP contribution in [0.5, 0.6) is 0 Å². The number of hydroxylamine groups is 2. The fourth-order valence-corrected chi connectivity index (χ4v) is 4.40. The van der Waals surface area contributed by atoms with Crippen molar-refractivity contribution in [3.8, 4) is 0 Å². The normalized spacial score (nSPS) is 18.9. The molecule has 0 atom stereocenters. The number of hydrogen-bond acceptors (Lipinski definition) is 7. The van der Waals surface area contributed by atoms with E-state index in [4.69, 9.17) is 19.0 Å². The van der Waals surface area contributed by atoms with Crippen LogP contribution in [0.3, 0.4) is 0 Å². The Morgan fingerprint density at radius 2 is 1.90 bits per heavy atom. The average molecular weight is 468 g/mol. The third kappa shape index (κ3) is 3.93. The zero-order chi connectivity index (χ0) is 21.3. The van der Waals surface area contributed by atoms with E-state index < -0.39 is 17.7 Å². The number of ether oxygens (including phenoxy) is 3. The first kappa shape index (κ1) is 21.8.